The Hall–Kier alpha value is -2.80. The average Bonchev–Trinajstić information content (AvgIpc) is 2.92. The first kappa shape index (κ1) is 18.0. The van der Waals surface area contributed by atoms with Gasteiger partial charge in [0.1, 0.15) is 6.54 Å². The van der Waals surface area contributed by atoms with Crippen LogP contribution >= 0.6 is 11.3 Å². The zero-order valence-electron chi connectivity index (χ0n) is 15.0. The molecule has 0 saturated carbocycles. The summed E-state index contributed by atoms with van der Waals surface area (Å²) in [6.07, 6.45) is 0. The van der Waals surface area contributed by atoms with E-state index in [4.69, 9.17) is 0 Å². The molecular formula is C19H19N3O3S. The number of rotatable bonds is 4. The Morgan fingerprint density at radius 2 is 1.92 bits per heavy atom. The van der Waals surface area contributed by atoms with Gasteiger partial charge in [0, 0.05) is 18.4 Å². The van der Waals surface area contributed by atoms with Gasteiger partial charge in [0.2, 0.25) is 5.91 Å². The van der Waals surface area contributed by atoms with Gasteiger partial charge >= 0.3 is 0 Å². The quantitative estimate of drug-likeness (QED) is 0.716. The highest BCUT2D eigenvalue weighted by molar-refractivity contribution is 7.17. The first-order valence-corrected chi connectivity index (χ1v) is 8.97. The molecule has 0 aliphatic rings. The minimum absolute atomic E-state index is 0.0862. The highest BCUT2D eigenvalue weighted by Crippen LogP contribution is 2.23. The van der Waals surface area contributed by atoms with E-state index < -0.39 is 0 Å². The van der Waals surface area contributed by atoms with Gasteiger partial charge in [-0.15, -0.1) is 0 Å². The van der Waals surface area contributed by atoms with Gasteiger partial charge in [0.15, 0.2) is 10.9 Å². The van der Waals surface area contributed by atoms with Crippen LogP contribution < -0.4 is 10.9 Å². The molecule has 0 bridgehead atoms. The van der Waals surface area contributed by atoms with Crippen molar-refractivity contribution in [2.24, 2.45) is 0 Å². The Morgan fingerprint density at radius 1 is 1.19 bits per heavy atom. The molecule has 0 unspecified atom stereocenters. The first-order chi connectivity index (χ1) is 12.3. The van der Waals surface area contributed by atoms with Crippen molar-refractivity contribution in [3.8, 4) is 0 Å². The molecule has 0 aliphatic carbocycles. The van der Waals surface area contributed by atoms with Crippen molar-refractivity contribution in [1.29, 1.82) is 0 Å². The third kappa shape index (κ3) is 3.30. The maximum absolute atomic E-state index is 12.5. The number of hydrogen-bond acceptors (Lipinski definition) is 5. The van der Waals surface area contributed by atoms with Crippen molar-refractivity contribution in [3.05, 3.63) is 56.3 Å². The Kier molecular flexibility index (Phi) is 4.73. The third-order valence-corrected chi connectivity index (χ3v) is 5.38. The zero-order valence-corrected chi connectivity index (χ0v) is 15.9. The fourth-order valence-electron chi connectivity index (χ4n) is 3.02. The van der Waals surface area contributed by atoms with Gasteiger partial charge < -0.3 is 5.32 Å². The number of pyridine rings is 1. The number of benzene rings is 1. The van der Waals surface area contributed by atoms with Crippen molar-refractivity contribution in [3.63, 3.8) is 0 Å². The predicted molar refractivity (Wildman–Crippen MR) is 103 cm³/mol. The number of thiazole rings is 1. The Balaban J connectivity index is 1.94. The monoisotopic (exact) mass is 369 g/mol. The van der Waals surface area contributed by atoms with Crippen LogP contribution in [-0.4, -0.2) is 21.2 Å². The largest absolute Gasteiger partial charge is 0.300 e. The summed E-state index contributed by atoms with van der Waals surface area (Å²) in [7, 11) is 0. The molecule has 0 aliphatic heterocycles. The van der Waals surface area contributed by atoms with Crippen LogP contribution in [0.25, 0.3) is 10.9 Å². The van der Waals surface area contributed by atoms with Crippen LogP contribution in [0.15, 0.2) is 29.1 Å². The lowest BCUT2D eigenvalue weighted by Gasteiger charge is -2.13. The van der Waals surface area contributed by atoms with Crippen LogP contribution in [0.5, 0.6) is 0 Å². The number of amides is 1. The van der Waals surface area contributed by atoms with E-state index in [-0.39, 0.29) is 23.8 Å². The van der Waals surface area contributed by atoms with E-state index in [9.17, 15) is 14.4 Å². The summed E-state index contributed by atoms with van der Waals surface area (Å²) in [5.74, 6) is -0.443. The molecule has 26 heavy (non-hydrogen) atoms. The molecule has 0 atom stereocenters. The van der Waals surface area contributed by atoms with E-state index in [1.54, 1.807) is 6.92 Å². The molecule has 1 aromatic carbocycles. The number of nitrogens with zero attached hydrogens (tertiary/aromatic N) is 2. The highest BCUT2D eigenvalue weighted by atomic mass is 32.1. The number of nitrogens with one attached hydrogen (secondary N) is 1. The average molecular weight is 369 g/mol. The molecule has 0 fully saturated rings. The minimum atomic E-state index is -0.357. The first-order valence-electron chi connectivity index (χ1n) is 8.16. The molecule has 2 heterocycles. The van der Waals surface area contributed by atoms with Gasteiger partial charge in [0.25, 0.3) is 5.56 Å². The number of aromatic nitrogens is 2. The third-order valence-electron chi connectivity index (χ3n) is 4.20. The van der Waals surface area contributed by atoms with Crippen molar-refractivity contribution in [2.45, 2.75) is 34.2 Å². The summed E-state index contributed by atoms with van der Waals surface area (Å²) >= 11 is 1.14. The summed E-state index contributed by atoms with van der Waals surface area (Å²) in [5.41, 5.74) is 2.94. The van der Waals surface area contributed by atoms with Crippen molar-refractivity contribution in [1.82, 2.24) is 9.55 Å². The van der Waals surface area contributed by atoms with E-state index in [1.807, 2.05) is 32.0 Å². The molecule has 7 heteroatoms. The summed E-state index contributed by atoms with van der Waals surface area (Å²) in [6.45, 7) is 6.87. The van der Waals surface area contributed by atoms with Crippen LogP contribution in [0.3, 0.4) is 0 Å². The number of hydrogen-bond donors (Lipinski definition) is 1. The van der Waals surface area contributed by atoms with E-state index in [0.29, 0.717) is 15.7 Å². The van der Waals surface area contributed by atoms with E-state index in [0.717, 1.165) is 33.4 Å². The number of fused-ring (bicyclic) bond motifs is 1. The lowest BCUT2D eigenvalue weighted by molar-refractivity contribution is -0.116. The number of carbonyl (C=O) groups is 2. The van der Waals surface area contributed by atoms with Crippen molar-refractivity contribution in [2.75, 3.05) is 5.32 Å². The number of anilines is 1. The lowest BCUT2D eigenvalue weighted by Crippen LogP contribution is -2.28. The minimum Gasteiger partial charge on any atom is -0.300 e. The van der Waals surface area contributed by atoms with Crippen LogP contribution in [0.1, 0.15) is 33.4 Å². The normalized spacial score (nSPS) is 10.9. The Labute approximate surface area is 154 Å². The summed E-state index contributed by atoms with van der Waals surface area (Å²) in [6, 6.07) is 7.32. The molecule has 2 aromatic heterocycles. The van der Waals surface area contributed by atoms with E-state index in [1.165, 1.54) is 17.6 Å². The van der Waals surface area contributed by atoms with E-state index in [2.05, 4.69) is 10.3 Å². The molecule has 1 amide bonds. The fraction of sp³-hybridized carbons (Fsp3) is 0.263. The second-order valence-corrected chi connectivity index (χ2v) is 7.26. The SMILES string of the molecule is CC(=O)c1sc(NC(=O)Cn2c(=O)cc(C)c3cccc(C)c32)nc1C. The Morgan fingerprint density at radius 3 is 2.58 bits per heavy atom. The predicted octanol–water partition coefficient (Wildman–Crippen LogP) is 3.22. The van der Waals surface area contributed by atoms with Gasteiger partial charge in [-0.25, -0.2) is 4.98 Å². The lowest BCUT2D eigenvalue weighted by atomic mass is 10.1. The molecular weight excluding hydrogens is 350 g/mol. The summed E-state index contributed by atoms with van der Waals surface area (Å²) < 4.78 is 1.47. The molecule has 3 aromatic rings. The number of carbonyl (C=O) groups excluding carboxylic acids is 2. The molecule has 3 rings (SSSR count). The smallest absolute Gasteiger partial charge is 0.251 e. The summed E-state index contributed by atoms with van der Waals surface area (Å²) in [4.78, 5) is 41.2. The second kappa shape index (κ2) is 6.84. The number of ketones is 1. The van der Waals surface area contributed by atoms with Crippen LogP contribution in [-0.2, 0) is 11.3 Å². The van der Waals surface area contributed by atoms with Gasteiger partial charge in [-0.3, -0.25) is 19.0 Å². The molecule has 1 N–H and O–H groups in total. The van der Waals surface area contributed by atoms with Gasteiger partial charge in [-0.05, 0) is 31.9 Å². The standard InChI is InChI=1S/C19H19N3O3S/c1-10-6-5-7-14-11(2)8-16(25)22(17(10)14)9-15(24)21-19-20-12(3)18(26-19)13(4)23/h5-8H,9H2,1-4H3,(H,20,21,24). The van der Waals surface area contributed by atoms with Crippen LogP contribution in [0.4, 0.5) is 5.13 Å². The van der Waals surface area contributed by atoms with Gasteiger partial charge in [-0.2, -0.15) is 0 Å². The Bertz CT molecular complexity index is 1100. The topological polar surface area (TPSA) is 81.1 Å². The summed E-state index contributed by atoms with van der Waals surface area (Å²) in [5, 5.41) is 3.99. The second-order valence-electron chi connectivity index (χ2n) is 6.26. The van der Waals surface area contributed by atoms with E-state index >= 15 is 0 Å². The van der Waals surface area contributed by atoms with Crippen molar-refractivity contribution < 1.29 is 9.59 Å². The van der Waals surface area contributed by atoms with Gasteiger partial charge in [0.05, 0.1) is 16.1 Å². The van der Waals surface area contributed by atoms with Crippen molar-refractivity contribution >= 4 is 39.1 Å². The maximum Gasteiger partial charge on any atom is 0.251 e. The molecule has 0 radical (unpaired) electrons. The molecule has 134 valence electrons. The molecule has 0 saturated heterocycles. The van der Waals surface area contributed by atoms with Gasteiger partial charge in [-0.1, -0.05) is 29.5 Å². The number of Topliss-reactive ketones (excluding diaryl/α,β-unsaturated/α-hetero) is 1. The number of para-hydroxylation sites is 1. The maximum atomic E-state index is 12.5. The molecule has 0 spiro atoms. The zero-order chi connectivity index (χ0) is 19.0. The number of aryl methyl sites for hydroxylation is 3. The molecule has 6 nitrogen and oxygen atoms in total. The highest BCUT2D eigenvalue weighted by Gasteiger charge is 2.15. The van der Waals surface area contributed by atoms with Crippen LogP contribution in [0.2, 0.25) is 0 Å². The van der Waals surface area contributed by atoms with Crippen LogP contribution in [0, 0.1) is 20.8 Å². The fourth-order valence-corrected chi connectivity index (χ4v) is 3.90.